The van der Waals surface area contributed by atoms with E-state index in [-0.39, 0.29) is 22.8 Å². The summed E-state index contributed by atoms with van der Waals surface area (Å²) in [5, 5.41) is 1.98. The second kappa shape index (κ2) is 10.6. The van der Waals surface area contributed by atoms with E-state index in [2.05, 4.69) is 20.8 Å². The fraction of sp³-hybridized carbons (Fsp3) is 0.393. The first-order chi connectivity index (χ1) is 16.3. The smallest absolute Gasteiger partial charge is 0.244 e. The Morgan fingerprint density at radius 3 is 1.97 bits per heavy atom. The summed E-state index contributed by atoms with van der Waals surface area (Å²) in [6.07, 6.45) is 0. The standard InChI is InChI=1S/C28H36N2O3S2/c1-27(2,3)23-14-16-25(17-15-23)35(32,33)30(28(4,5)6)21-26(31)29(20-24-13-10-18-34-24)19-22-11-8-7-9-12-22/h7-18H,19-21H2,1-6H3. The van der Waals surface area contributed by atoms with Crippen LogP contribution in [0.5, 0.6) is 0 Å². The highest BCUT2D eigenvalue weighted by molar-refractivity contribution is 7.89. The predicted molar refractivity (Wildman–Crippen MR) is 144 cm³/mol. The Morgan fingerprint density at radius 1 is 0.829 bits per heavy atom. The molecule has 0 radical (unpaired) electrons. The molecular weight excluding hydrogens is 476 g/mol. The maximum atomic E-state index is 13.7. The number of nitrogens with zero attached hydrogens (tertiary/aromatic N) is 2. The molecule has 0 aliphatic carbocycles. The number of carbonyl (C=O) groups excluding carboxylic acids is 1. The predicted octanol–water partition coefficient (Wildman–Crippen LogP) is 6.06. The Hall–Kier alpha value is -2.48. The molecule has 0 fully saturated rings. The van der Waals surface area contributed by atoms with Crippen molar-refractivity contribution in [2.45, 2.75) is 70.5 Å². The van der Waals surface area contributed by atoms with E-state index in [4.69, 9.17) is 0 Å². The molecule has 2 aromatic carbocycles. The van der Waals surface area contributed by atoms with Gasteiger partial charge in [0.05, 0.1) is 18.0 Å². The van der Waals surface area contributed by atoms with Crippen molar-refractivity contribution in [2.75, 3.05) is 6.54 Å². The highest BCUT2D eigenvalue weighted by Gasteiger charge is 2.37. The minimum Gasteiger partial charge on any atom is -0.332 e. The van der Waals surface area contributed by atoms with Gasteiger partial charge in [0, 0.05) is 17.0 Å². The summed E-state index contributed by atoms with van der Waals surface area (Å²) in [6.45, 7) is 12.3. The molecule has 1 aromatic heterocycles. The van der Waals surface area contributed by atoms with Gasteiger partial charge in [-0.1, -0.05) is 69.3 Å². The molecule has 3 rings (SSSR count). The minimum atomic E-state index is -3.90. The number of benzene rings is 2. The molecule has 0 saturated heterocycles. The molecule has 0 N–H and O–H groups in total. The fourth-order valence-corrected chi connectivity index (χ4v) is 6.24. The molecule has 0 aliphatic heterocycles. The zero-order valence-corrected chi connectivity index (χ0v) is 23.1. The Morgan fingerprint density at radius 2 is 1.46 bits per heavy atom. The molecule has 0 aliphatic rings. The fourth-order valence-electron chi connectivity index (χ4n) is 3.79. The molecule has 0 unspecified atom stereocenters. The summed E-state index contributed by atoms with van der Waals surface area (Å²) in [7, 11) is -3.90. The van der Waals surface area contributed by atoms with Gasteiger partial charge in [-0.15, -0.1) is 11.3 Å². The van der Waals surface area contributed by atoms with Crippen molar-refractivity contribution in [2.24, 2.45) is 0 Å². The van der Waals surface area contributed by atoms with E-state index in [0.29, 0.717) is 13.1 Å². The molecule has 3 aromatic rings. The molecule has 0 saturated carbocycles. The number of hydrogen-bond donors (Lipinski definition) is 0. The highest BCUT2D eigenvalue weighted by Crippen LogP contribution is 2.28. The summed E-state index contributed by atoms with van der Waals surface area (Å²) in [5.74, 6) is -0.230. The third-order valence-corrected chi connectivity index (χ3v) is 8.82. The lowest BCUT2D eigenvalue weighted by Crippen LogP contribution is -2.50. The van der Waals surface area contributed by atoms with Crippen molar-refractivity contribution in [3.05, 3.63) is 88.1 Å². The average Bonchev–Trinajstić information content (AvgIpc) is 3.29. The Kier molecular flexibility index (Phi) is 8.25. The summed E-state index contributed by atoms with van der Waals surface area (Å²) in [6, 6.07) is 20.7. The lowest BCUT2D eigenvalue weighted by atomic mass is 9.87. The number of rotatable bonds is 8. The van der Waals surface area contributed by atoms with Crippen LogP contribution in [0.4, 0.5) is 0 Å². The van der Waals surface area contributed by atoms with Crippen molar-refractivity contribution in [3.8, 4) is 0 Å². The SMILES string of the molecule is CC(C)(C)c1ccc(S(=O)(=O)N(CC(=O)N(Cc2ccccc2)Cc2cccs2)C(C)(C)C)cc1. The summed E-state index contributed by atoms with van der Waals surface area (Å²) < 4.78 is 28.8. The molecule has 35 heavy (non-hydrogen) atoms. The average molecular weight is 513 g/mol. The molecule has 0 atom stereocenters. The van der Waals surface area contributed by atoms with Gasteiger partial charge in [0.15, 0.2) is 0 Å². The van der Waals surface area contributed by atoms with Crippen LogP contribution in [-0.4, -0.2) is 35.6 Å². The Balaban J connectivity index is 1.90. The molecule has 1 amide bonds. The Bertz CT molecular complexity index is 1210. The van der Waals surface area contributed by atoms with Gasteiger partial charge in [-0.2, -0.15) is 4.31 Å². The molecule has 1 heterocycles. The van der Waals surface area contributed by atoms with Gasteiger partial charge in [0.25, 0.3) is 0 Å². The molecule has 5 nitrogen and oxygen atoms in total. The zero-order chi connectivity index (χ0) is 25.9. The molecular formula is C28H36N2O3S2. The lowest BCUT2D eigenvalue weighted by molar-refractivity contribution is -0.133. The lowest BCUT2D eigenvalue weighted by Gasteiger charge is -2.35. The third-order valence-electron chi connectivity index (χ3n) is 5.83. The first-order valence-corrected chi connectivity index (χ1v) is 14.1. The molecule has 7 heteroatoms. The summed E-state index contributed by atoms with van der Waals surface area (Å²) in [4.78, 5) is 16.6. The first-order valence-electron chi connectivity index (χ1n) is 11.8. The maximum Gasteiger partial charge on any atom is 0.244 e. The van der Waals surface area contributed by atoms with Crippen molar-refractivity contribution in [1.82, 2.24) is 9.21 Å². The van der Waals surface area contributed by atoms with Crippen LogP contribution < -0.4 is 0 Å². The van der Waals surface area contributed by atoms with Crippen LogP contribution in [-0.2, 0) is 33.3 Å². The van der Waals surface area contributed by atoms with Gasteiger partial charge in [0.1, 0.15) is 0 Å². The minimum absolute atomic E-state index is 0.0816. The highest BCUT2D eigenvalue weighted by atomic mass is 32.2. The van der Waals surface area contributed by atoms with Crippen LogP contribution in [0.2, 0.25) is 0 Å². The van der Waals surface area contributed by atoms with E-state index in [1.165, 1.54) is 4.31 Å². The normalized spacial score (nSPS) is 12.7. The van der Waals surface area contributed by atoms with E-state index < -0.39 is 15.6 Å². The number of hydrogen-bond acceptors (Lipinski definition) is 4. The summed E-state index contributed by atoms with van der Waals surface area (Å²) in [5.41, 5.74) is 1.19. The summed E-state index contributed by atoms with van der Waals surface area (Å²) >= 11 is 1.58. The maximum absolute atomic E-state index is 13.7. The van der Waals surface area contributed by atoms with E-state index >= 15 is 0 Å². The van der Waals surface area contributed by atoms with Gasteiger partial charge in [-0.3, -0.25) is 4.79 Å². The van der Waals surface area contributed by atoms with Crippen molar-refractivity contribution >= 4 is 27.3 Å². The van der Waals surface area contributed by atoms with Crippen molar-refractivity contribution in [3.63, 3.8) is 0 Å². The van der Waals surface area contributed by atoms with Crippen molar-refractivity contribution < 1.29 is 13.2 Å². The number of amides is 1. The largest absolute Gasteiger partial charge is 0.332 e. The van der Waals surface area contributed by atoms with E-state index in [9.17, 15) is 13.2 Å². The third kappa shape index (κ3) is 7.03. The van der Waals surface area contributed by atoms with Crippen LogP contribution >= 0.6 is 11.3 Å². The van der Waals surface area contributed by atoms with Gasteiger partial charge in [-0.05, 0) is 60.9 Å². The topological polar surface area (TPSA) is 57.7 Å². The number of sulfonamides is 1. The van der Waals surface area contributed by atoms with Gasteiger partial charge < -0.3 is 4.90 Å². The quantitative estimate of drug-likeness (QED) is 0.368. The van der Waals surface area contributed by atoms with Crippen molar-refractivity contribution in [1.29, 1.82) is 0 Å². The first kappa shape index (κ1) is 27.1. The van der Waals surface area contributed by atoms with E-state index in [0.717, 1.165) is 16.0 Å². The molecule has 188 valence electrons. The second-order valence-corrected chi connectivity index (χ2v) is 13.7. The van der Waals surface area contributed by atoms with E-state index in [1.54, 1.807) is 28.4 Å². The van der Waals surface area contributed by atoms with Gasteiger partial charge >= 0.3 is 0 Å². The van der Waals surface area contributed by atoms with E-state index in [1.807, 2.05) is 80.7 Å². The monoisotopic (exact) mass is 512 g/mol. The second-order valence-electron chi connectivity index (χ2n) is 10.8. The van der Waals surface area contributed by atoms with Crippen LogP contribution in [0.3, 0.4) is 0 Å². The molecule has 0 bridgehead atoms. The van der Waals surface area contributed by atoms with Crippen LogP contribution in [0.15, 0.2) is 77.0 Å². The number of thiophene rings is 1. The van der Waals surface area contributed by atoms with Crippen LogP contribution in [0.25, 0.3) is 0 Å². The Labute approximate surface area is 214 Å². The van der Waals surface area contributed by atoms with Crippen LogP contribution in [0, 0.1) is 0 Å². The van der Waals surface area contributed by atoms with Gasteiger partial charge in [-0.25, -0.2) is 8.42 Å². The van der Waals surface area contributed by atoms with Crippen LogP contribution in [0.1, 0.15) is 57.5 Å². The number of carbonyl (C=O) groups is 1. The van der Waals surface area contributed by atoms with Gasteiger partial charge in [0.2, 0.25) is 15.9 Å². The molecule has 0 spiro atoms. The zero-order valence-electron chi connectivity index (χ0n) is 21.5.